The topological polar surface area (TPSA) is 38.4 Å². The molecular weight excluding hydrogens is 204 g/mol. The lowest BCUT2D eigenvalue weighted by atomic mass is 9.92. The van der Waals surface area contributed by atoms with Crippen LogP contribution in [0.15, 0.2) is 22.5 Å². The summed E-state index contributed by atoms with van der Waals surface area (Å²) in [5, 5.41) is 2.11. The quantitative estimate of drug-likeness (QED) is 0.605. The van der Waals surface area contributed by atoms with Gasteiger partial charge < -0.3 is 5.73 Å². The van der Waals surface area contributed by atoms with Crippen molar-refractivity contribution < 1.29 is 0 Å². The second kappa shape index (κ2) is 5.31. The van der Waals surface area contributed by atoms with Gasteiger partial charge in [-0.3, -0.25) is 4.99 Å². The summed E-state index contributed by atoms with van der Waals surface area (Å²) in [5.74, 6) is 0.780. The molecule has 1 heterocycles. The summed E-state index contributed by atoms with van der Waals surface area (Å²) in [6, 6.07) is 4.25. The largest absolute Gasteiger partial charge is 0.387 e. The molecule has 15 heavy (non-hydrogen) atoms. The minimum Gasteiger partial charge on any atom is -0.387 e. The molecule has 1 aromatic heterocycles. The van der Waals surface area contributed by atoms with Gasteiger partial charge in [-0.2, -0.15) is 0 Å². The van der Waals surface area contributed by atoms with Crippen LogP contribution in [0.25, 0.3) is 0 Å². The van der Waals surface area contributed by atoms with E-state index < -0.39 is 0 Å². The molecule has 0 bridgehead atoms. The smallest absolute Gasteiger partial charge is 0.0937 e. The molecule has 0 aliphatic heterocycles. The van der Waals surface area contributed by atoms with Crippen molar-refractivity contribution >= 4 is 17.2 Å². The number of aliphatic imine (C=N–C) groups is 1. The molecule has 1 rings (SSSR count). The highest BCUT2D eigenvalue weighted by Crippen LogP contribution is 2.27. The van der Waals surface area contributed by atoms with Crippen LogP contribution < -0.4 is 5.73 Å². The third-order valence-corrected chi connectivity index (χ3v) is 3.61. The van der Waals surface area contributed by atoms with Gasteiger partial charge in [0, 0.05) is 16.7 Å². The van der Waals surface area contributed by atoms with Crippen molar-refractivity contribution in [3.05, 3.63) is 22.4 Å². The molecule has 0 unspecified atom stereocenters. The van der Waals surface area contributed by atoms with Crippen LogP contribution in [0, 0.1) is 0 Å². The molecule has 2 N–H and O–H groups in total. The van der Waals surface area contributed by atoms with E-state index in [1.807, 2.05) is 0 Å². The third kappa shape index (κ3) is 3.67. The second-order valence-electron chi connectivity index (χ2n) is 4.42. The molecule has 84 valence electrons. The second-order valence-corrected chi connectivity index (χ2v) is 5.37. The van der Waals surface area contributed by atoms with Gasteiger partial charge in [0.25, 0.3) is 0 Å². The molecule has 0 saturated heterocycles. The van der Waals surface area contributed by atoms with Crippen LogP contribution in [0.3, 0.4) is 0 Å². The number of nitrogens with zero attached hydrogens (tertiary/aromatic N) is 1. The van der Waals surface area contributed by atoms with Crippen molar-refractivity contribution in [1.29, 1.82) is 0 Å². The predicted molar refractivity (Wildman–Crippen MR) is 68.7 cm³/mol. The van der Waals surface area contributed by atoms with Crippen molar-refractivity contribution in [3.8, 4) is 0 Å². The fraction of sp³-hybridized carbons (Fsp3) is 0.583. The van der Waals surface area contributed by atoms with Gasteiger partial charge in [-0.25, -0.2) is 0 Å². The Balaban J connectivity index is 2.61. The molecule has 3 heteroatoms. The Kier molecular flexibility index (Phi) is 4.33. The van der Waals surface area contributed by atoms with Crippen LogP contribution in [0.4, 0.5) is 0 Å². The van der Waals surface area contributed by atoms with E-state index in [1.165, 1.54) is 4.88 Å². The number of hydrogen-bond donors (Lipinski definition) is 1. The van der Waals surface area contributed by atoms with Gasteiger partial charge in [0.05, 0.1) is 12.4 Å². The van der Waals surface area contributed by atoms with Gasteiger partial charge in [0.15, 0.2) is 0 Å². The predicted octanol–water partition coefficient (Wildman–Crippen LogP) is 3.18. The van der Waals surface area contributed by atoms with Gasteiger partial charge in [0.1, 0.15) is 0 Å². The third-order valence-electron chi connectivity index (χ3n) is 2.37. The lowest BCUT2D eigenvalue weighted by Crippen LogP contribution is -2.22. The van der Waals surface area contributed by atoms with Crippen molar-refractivity contribution in [2.24, 2.45) is 10.7 Å². The highest BCUT2D eigenvalue weighted by atomic mass is 32.1. The molecule has 0 fully saturated rings. The molecule has 0 amide bonds. The van der Waals surface area contributed by atoms with Crippen LogP contribution in [-0.2, 0) is 5.41 Å². The first kappa shape index (κ1) is 12.2. The normalized spacial score (nSPS) is 13.1. The van der Waals surface area contributed by atoms with Crippen molar-refractivity contribution in [1.82, 2.24) is 0 Å². The molecule has 0 saturated carbocycles. The average Bonchev–Trinajstić information content (AvgIpc) is 2.69. The maximum absolute atomic E-state index is 5.80. The summed E-state index contributed by atoms with van der Waals surface area (Å²) in [5.41, 5.74) is 5.90. The minimum atomic E-state index is 0.104. The molecule has 0 aromatic carbocycles. The Morgan fingerprint density at radius 1 is 1.53 bits per heavy atom. The Hall–Kier alpha value is -0.830. The zero-order valence-electron chi connectivity index (χ0n) is 9.79. The van der Waals surface area contributed by atoms with Crippen LogP contribution in [0.1, 0.15) is 38.5 Å². The van der Waals surface area contributed by atoms with Gasteiger partial charge in [-0.05, 0) is 17.9 Å². The number of thiophene rings is 1. The van der Waals surface area contributed by atoms with Crippen LogP contribution in [0.2, 0.25) is 0 Å². The van der Waals surface area contributed by atoms with Crippen molar-refractivity contribution in [2.45, 2.75) is 39.0 Å². The minimum absolute atomic E-state index is 0.104. The first-order valence-corrected chi connectivity index (χ1v) is 6.27. The molecule has 0 aliphatic rings. The van der Waals surface area contributed by atoms with E-state index in [4.69, 9.17) is 5.73 Å². The molecular formula is C12H20N2S. The average molecular weight is 224 g/mol. The summed E-state index contributed by atoms with van der Waals surface area (Å²) in [7, 11) is 0. The molecule has 0 spiro atoms. The number of hydrogen-bond acceptors (Lipinski definition) is 2. The Morgan fingerprint density at radius 2 is 2.27 bits per heavy atom. The summed E-state index contributed by atoms with van der Waals surface area (Å²) < 4.78 is 0. The van der Waals surface area contributed by atoms with Gasteiger partial charge in [-0.1, -0.05) is 26.8 Å². The van der Waals surface area contributed by atoms with Crippen molar-refractivity contribution in [2.75, 3.05) is 6.54 Å². The number of amidine groups is 1. The summed E-state index contributed by atoms with van der Waals surface area (Å²) >= 11 is 1.78. The zero-order valence-corrected chi connectivity index (χ0v) is 10.6. The summed E-state index contributed by atoms with van der Waals surface area (Å²) in [6.45, 7) is 7.31. The van der Waals surface area contributed by atoms with Gasteiger partial charge in [0.2, 0.25) is 0 Å². The highest BCUT2D eigenvalue weighted by Gasteiger charge is 2.20. The standard InChI is InChI=1S/C12H20N2S/c1-4-6-11(13)14-9-12(2,3)10-7-5-8-15-10/h5,7-8H,4,6,9H2,1-3H3,(H2,13,14). The maximum Gasteiger partial charge on any atom is 0.0937 e. The van der Waals surface area contributed by atoms with Gasteiger partial charge >= 0.3 is 0 Å². The number of nitrogens with two attached hydrogens (primary N) is 1. The van der Waals surface area contributed by atoms with Crippen LogP contribution >= 0.6 is 11.3 Å². The fourth-order valence-corrected chi connectivity index (χ4v) is 2.22. The molecule has 0 aliphatic carbocycles. The van der Waals surface area contributed by atoms with E-state index in [-0.39, 0.29) is 5.41 Å². The lowest BCUT2D eigenvalue weighted by molar-refractivity contribution is 0.551. The van der Waals surface area contributed by atoms with Crippen LogP contribution in [0.5, 0.6) is 0 Å². The number of rotatable bonds is 5. The Labute approximate surface area is 96.2 Å². The zero-order chi connectivity index (χ0) is 11.3. The Bertz CT molecular complexity index is 312. The van der Waals surface area contributed by atoms with E-state index in [0.717, 1.165) is 25.2 Å². The molecule has 2 nitrogen and oxygen atoms in total. The molecule has 0 atom stereocenters. The summed E-state index contributed by atoms with van der Waals surface area (Å²) in [4.78, 5) is 5.81. The molecule has 1 aromatic rings. The first-order valence-electron chi connectivity index (χ1n) is 5.39. The van der Waals surface area contributed by atoms with E-state index in [2.05, 4.69) is 43.3 Å². The molecule has 0 radical (unpaired) electrons. The van der Waals surface area contributed by atoms with E-state index in [9.17, 15) is 0 Å². The maximum atomic E-state index is 5.80. The SMILES string of the molecule is CCCC(N)=NCC(C)(C)c1cccs1. The van der Waals surface area contributed by atoms with Crippen LogP contribution in [-0.4, -0.2) is 12.4 Å². The van der Waals surface area contributed by atoms with E-state index >= 15 is 0 Å². The fourth-order valence-electron chi connectivity index (χ4n) is 1.38. The van der Waals surface area contributed by atoms with E-state index in [1.54, 1.807) is 11.3 Å². The van der Waals surface area contributed by atoms with Crippen molar-refractivity contribution in [3.63, 3.8) is 0 Å². The highest BCUT2D eigenvalue weighted by molar-refractivity contribution is 7.10. The van der Waals surface area contributed by atoms with Gasteiger partial charge in [-0.15, -0.1) is 11.3 Å². The lowest BCUT2D eigenvalue weighted by Gasteiger charge is -2.20. The summed E-state index contributed by atoms with van der Waals surface area (Å²) in [6.07, 6.45) is 1.97. The Morgan fingerprint density at radius 3 is 2.80 bits per heavy atom. The van der Waals surface area contributed by atoms with E-state index in [0.29, 0.717) is 0 Å². The first-order chi connectivity index (χ1) is 7.06. The monoisotopic (exact) mass is 224 g/mol.